The fourth-order valence-electron chi connectivity index (χ4n) is 13.0. The molecule has 8 aromatic carbocycles. The van der Waals surface area contributed by atoms with E-state index in [2.05, 4.69) is 90.4 Å². The molecule has 0 fully saturated rings. The first-order valence-corrected chi connectivity index (χ1v) is 38.2. The molecule has 17 rings (SSSR count). The molecule has 0 radical (unpaired) electrons. The van der Waals surface area contributed by atoms with Gasteiger partial charge in [0.1, 0.15) is 76.1 Å². The van der Waals surface area contributed by atoms with E-state index in [1.807, 2.05) is 298 Å². The van der Waals surface area contributed by atoms with Gasteiger partial charge in [0, 0.05) is 67.7 Å². The first-order chi connectivity index (χ1) is 55.0. The zero-order valence-corrected chi connectivity index (χ0v) is 66.1. The molecule has 17 aromatic rings. The van der Waals surface area contributed by atoms with Crippen LogP contribution in [0.25, 0.3) is 123 Å². The Hall–Kier alpha value is -13.6. The van der Waals surface area contributed by atoms with Gasteiger partial charge >= 0.3 is 0 Å². The third-order valence-electron chi connectivity index (χ3n) is 18.5. The lowest BCUT2D eigenvalue weighted by molar-refractivity contribution is 0.0786. The minimum atomic E-state index is -0.861. The monoisotopic (exact) mass is 1510 g/mol. The number of imidazole rings is 4. The van der Waals surface area contributed by atoms with Crippen LogP contribution in [0.5, 0.6) is 28.7 Å². The number of ether oxygens (including phenoxy) is 5. The van der Waals surface area contributed by atoms with Crippen LogP contribution in [0.15, 0.2) is 275 Å². The van der Waals surface area contributed by atoms with Crippen LogP contribution in [0.3, 0.4) is 0 Å². The number of fused-ring (bicyclic) bond motifs is 5. The van der Waals surface area contributed by atoms with Crippen molar-refractivity contribution in [3.8, 4) is 96.5 Å². The molecule has 114 heavy (non-hydrogen) atoms. The van der Waals surface area contributed by atoms with Gasteiger partial charge in [-0.3, -0.25) is 43.0 Å². The number of aromatic amines is 1. The maximum atomic E-state index is 11.5. The van der Waals surface area contributed by atoms with Crippen molar-refractivity contribution in [3.63, 3.8) is 0 Å². The number of nitrogens with zero attached hydrogens (tertiary/aromatic N) is 12. The number of H-pyrrole nitrogens is 1. The largest absolute Gasteiger partial charge is 0.491 e. The van der Waals surface area contributed by atoms with Crippen LogP contribution in [0, 0.1) is 0 Å². The molecular weight excluding hydrogens is 1420 g/mol. The topological polar surface area (TPSA) is 222 Å². The van der Waals surface area contributed by atoms with Crippen molar-refractivity contribution in [2.45, 2.75) is 126 Å². The maximum Gasteiger partial charge on any atom is 0.159 e. The zero-order chi connectivity index (χ0) is 79.7. The SMILES string of the molecule is CC(=O)c1ccc(-c2cc3c(cn2)ncn3-c2ccc(OC(C)C)cc2)cc1.CC(C)Oc1ccc(-c2cc3c(cn2)ncn3-c2ccc(OC(C)C)cc2)cc1.CC(C)Oc1ccc(-n2cnc3cnc(-c4ccc(C(C)(C)O)cc4)cc32)cc1.CC(C)Oc1ccc(-n2cnc3cnc(-c4ccc5[nH]ccc5c4)cc32)cc1. The average molecular weight is 1510 g/mol. The summed E-state index contributed by atoms with van der Waals surface area (Å²) in [4.78, 5) is 50.9. The highest BCUT2D eigenvalue weighted by Crippen LogP contribution is 2.33. The Kier molecular flexibility index (Phi) is 23.0. The van der Waals surface area contributed by atoms with E-state index in [9.17, 15) is 9.90 Å². The summed E-state index contributed by atoms with van der Waals surface area (Å²) in [6.07, 6.45) is 17.2. The van der Waals surface area contributed by atoms with Crippen molar-refractivity contribution in [1.82, 2.24) is 63.1 Å². The van der Waals surface area contributed by atoms with Crippen molar-refractivity contribution in [3.05, 3.63) is 286 Å². The van der Waals surface area contributed by atoms with Gasteiger partial charge in [0.2, 0.25) is 0 Å². The number of benzene rings is 8. The molecule has 20 nitrogen and oxygen atoms in total. The van der Waals surface area contributed by atoms with Crippen LogP contribution in [-0.2, 0) is 5.60 Å². The van der Waals surface area contributed by atoms with E-state index in [1.165, 1.54) is 5.39 Å². The smallest absolute Gasteiger partial charge is 0.159 e. The standard InChI is InChI=1S/2C24H25N3O2.C23H20N4O.C23H21N3O2/c1-16(2)28-20-9-5-18(6-10-20)22-13-24-23(14-25-22)26-15-27(24)19-7-11-21(12-8-19)29-17(3)4;1-16(2)29-20-11-9-19(10-12-20)27-15-26-22-14-25-21(13-23(22)27)17-5-7-18(8-6-17)24(3,4)28;1-15(2)28-19-6-4-18(5-7-19)27-14-26-22-13-25-21(12-23(22)27)16-3-8-20-17(11-16)9-10-24-20;1-15(2)28-20-10-8-19(9-11-20)26-14-25-22-13-24-21(12-23(22)26)18-6-4-17(5-7-18)16(3)27/h5-17H,1-4H3;5-16,28H,1-4H3;3-15,24H,1-2H3;4-15H,1-3H3. The summed E-state index contributed by atoms with van der Waals surface area (Å²) < 4.78 is 36.9. The second-order valence-corrected chi connectivity index (χ2v) is 29.6. The summed E-state index contributed by atoms with van der Waals surface area (Å²) in [5.41, 5.74) is 20.9. The van der Waals surface area contributed by atoms with Crippen molar-refractivity contribution < 1.29 is 33.6 Å². The lowest BCUT2D eigenvalue weighted by Crippen LogP contribution is -2.14. The molecule has 0 aliphatic carbocycles. The van der Waals surface area contributed by atoms with Crippen molar-refractivity contribution in [1.29, 1.82) is 0 Å². The number of Topliss-reactive ketones (excluding diaryl/α,β-unsaturated/α-hetero) is 1. The summed E-state index contributed by atoms with van der Waals surface area (Å²) in [7, 11) is 0. The van der Waals surface area contributed by atoms with Crippen molar-refractivity contribution in [2.24, 2.45) is 0 Å². The molecule has 0 aliphatic rings. The number of pyridine rings is 4. The molecule has 0 saturated carbocycles. The number of hydrogen-bond donors (Lipinski definition) is 2. The molecule has 9 aromatic heterocycles. The molecule has 574 valence electrons. The molecule has 20 heteroatoms. The summed E-state index contributed by atoms with van der Waals surface area (Å²) in [5.74, 6) is 4.33. The average Bonchev–Trinajstić information content (AvgIpc) is 1.62. The van der Waals surface area contributed by atoms with E-state index in [4.69, 9.17) is 23.7 Å². The quantitative estimate of drug-likeness (QED) is 0.0677. The normalized spacial score (nSPS) is 11.5. The summed E-state index contributed by atoms with van der Waals surface area (Å²) in [6, 6.07) is 72.0. The van der Waals surface area contributed by atoms with Crippen LogP contribution < -0.4 is 23.7 Å². The molecule has 0 amide bonds. The predicted molar refractivity (Wildman–Crippen MR) is 453 cm³/mol. The van der Waals surface area contributed by atoms with Crippen LogP contribution in [0.1, 0.15) is 106 Å². The number of rotatable bonds is 20. The van der Waals surface area contributed by atoms with Gasteiger partial charge in [-0.15, -0.1) is 0 Å². The second kappa shape index (κ2) is 33.9. The first kappa shape index (κ1) is 77.1. The molecule has 0 atom stereocenters. The number of ketones is 1. The maximum absolute atomic E-state index is 11.5. The van der Waals surface area contributed by atoms with Gasteiger partial charge in [-0.25, -0.2) is 19.9 Å². The molecule has 0 saturated heterocycles. The summed E-state index contributed by atoms with van der Waals surface area (Å²) in [5, 5.41) is 11.3. The number of carbonyl (C=O) groups excluding carboxylic acids is 1. The Bertz CT molecular complexity index is 6120. The Morgan fingerprint density at radius 2 is 0.614 bits per heavy atom. The summed E-state index contributed by atoms with van der Waals surface area (Å²) in [6.45, 7) is 25.3. The van der Waals surface area contributed by atoms with Crippen molar-refractivity contribution in [2.75, 3.05) is 0 Å². The fourth-order valence-corrected chi connectivity index (χ4v) is 13.0. The van der Waals surface area contributed by atoms with Gasteiger partial charge in [0.05, 0.1) is 106 Å². The number of carbonyl (C=O) groups is 1. The van der Waals surface area contributed by atoms with Gasteiger partial charge < -0.3 is 33.8 Å². The van der Waals surface area contributed by atoms with Crippen LogP contribution >= 0.6 is 0 Å². The molecule has 0 aliphatic heterocycles. The van der Waals surface area contributed by atoms with Gasteiger partial charge in [-0.05, 0) is 259 Å². The van der Waals surface area contributed by atoms with Gasteiger partial charge in [0.25, 0.3) is 0 Å². The number of hydrogen-bond acceptors (Lipinski definition) is 15. The fraction of sp³-hybridized carbons (Fsp3) is 0.202. The lowest BCUT2D eigenvalue weighted by Gasteiger charge is -2.17. The minimum absolute atomic E-state index is 0.0536. The highest BCUT2D eigenvalue weighted by atomic mass is 16.5. The van der Waals surface area contributed by atoms with Crippen LogP contribution in [0.2, 0.25) is 0 Å². The highest BCUT2D eigenvalue weighted by molar-refractivity contribution is 5.95. The van der Waals surface area contributed by atoms with E-state index in [0.717, 1.165) is 152 Å². The van der Waals surface area contributed by atoms with Gasteiger partial charge in [-0.2, -0.15) is 0 Å². The van der Waals surface area contributed by atoms with E-state index in [-0.39, 0.29) is 36.3 Å². The number of aliphatic hydroxyl groups is 1. The molecular formula is C94H91N13O7. The third kappa shape index (κ3) is 18.4. The Morgan fingerprint density at radius 1 is 0.342 bits per heavy atom. The number of nitrogens with one attached hydrogen (secondary N) is 1. The van der Waals surface area contributed by atoms with Gasteiger partial charge in [-0.1, -0.05) is 54.6 Å². The first-order valence-electron chi connectivity index (χ1n) is 38.2. The zero-order valence-electron chi connectivity index (χ0n) is 66.1. The molecule has 0 unspecified atom stereocenters. The third-order valence-corrected chi connectivity index (χ3v) is 18.5. The second-order valence-electron chi connectivity index (χ2n) is 29.6. The van der Waals surface area contributed by atoms with Crippen LogP contribution in [-0.4, -0.2) is 105 Å². The molecule has 9 heterocycles. The van der Waals surface area contributed by atoms with E-state index in [1.54, 1.807) is 39.5 Å². The molecule has 2 N–H and O–H groups in total. The minimum Gasteiger partial charge on any atom is -0.491 e. The summed E-state index contributed by atoms with van der Waals surface area (Å²) >= 11 is 0. The number of aromatic nitrogens is 13. The Labute approximate surface area is 662 Å². The Balaban J connectivity index is 0.000000126. The highest BCUT2D eigenvalue weighted by Gasteiger charge is 2.19. The molecule has 0 spiro atoms. The predicted octanol–water partition coefficient (Wildman–Crippen LogP) is 21.2. The van der Waals surface area contributed by atoms with E-state index >= 15 is 0 Å². The van der Waals surface area contributed by atoms with E-state index < -0.39 is 5.60 Å². The van der Waals surface area contributed by atoms with E-state index in [0.29, 0.717) is 5.56 Å². The lowest BCUT2D eigenvalue weighted by atomic mass is 9.96. The van der Waals surface area contributed by atoms with Gasteiger partial charge in [0.15, 0.2) is 5.78 Å². The Morgan fingerprint density at radius 3 is 0.904 bits per heavy atom. The molecule has 0 bridgehead atoms. The van der Waals surface area contributed by atoms with Crippen molar-refractivity contribution >= 4 is 60.8 Å². The van der Waals surface area contributed by atoms with Crippen LogP contribution in [0.4, 0.5) is 0 Å².